The standard InChI is InChI=1S/C13H24O3/c1-9(2)12-5-4-10(3)6-13(12)15-7-11(14)8-16-13/h9-12,14H,4-8H2,1-3H3. The Labute approximate surface area is 98.1 Å². The van der Waals surface area contributed by atoms with Crippen LogP contribution in [0.5, 0.6) is 0 Å². The van der Waals surface area contributed by atoms with Gasteiger partial charge in [-0.2, -0.15) is 0 Å². The zero-order chi connectivity index (χ0) is 11.8. The number of hydrogen-bond acceptors (Lipinski definition) is 3. The third-order valence-corrected chi connectivity index (χ3v) is 4.01. The van der Waals surface area contributed by atoms with Crippen LogP contribution in [-0.4, -0.2) is 30.2 Å². The van der Waals surface area contributed by atoms with Gasteiger partial charge in [-0.25, -0.2) is 0 Å². The van der Waals surface area contributed by atoms with E-state index < -0.39 is 11.9 Å². The van der Waals surface area contributed by atoms with Crippen LogP contribution in [0.2, 0.25) is 0 Å². The Kier molecular flexibility index (Phi) is 3.57. The molecule has 1 saturated carbocycles. The molecular formula is C13H24O3. The SMILES string of the molecule is CC1CCC(C(C)C)C2(C1)OCC(O)CO2. The summed E-state index contributed by atoms with van der Waals surface area (Å²) in [6, 6.07) is 0. The largest absolute Gasteiger partial charge is 0.388 e. The molecule has 2 aliphatic rings. The Bertz CT molecular complexity index is 231. The molecule has 1 heterocycles. The predicted molar refractivity (Wildman–Crippen MR) is 62.0 cm³/mol. The monoisotopic (exact) mass is 228 g/mol. The van der Waals surface area contributed by atoms with Gasteiger partial charge in [-0.3, -0.25) is 0 Å². The molecule has 0 aromatic heterocycles. The van der Waals surface area contributed by atoms with E-state index in [2.05, 4.69) is 20.8 Å². The van der Waals surface area contributed by atoms with Gasteiger partial charge >= 0.3 is 0 Å². The van der Waals surface area contributed by atoms with E-state index in [1.54, 1.807) is 0 Å². The maximum absolute atomic E-state index is 9.46. The first-order valence-corrected chi connectivity index (χ1v) is 6.49. The minimum absolute atomic E-state index is 0.412. The van der Waals surface area contributed by atoms with Crippen LogP contribution in [0.25, 0.3) is 0 Å². The smallest absolute Gasteiger partial charge is 0.171 e. The second-order valence-electron chi connectivity index (χ2n) is 5.82. The first kappa shape index (κ1) is 12.3. The summed E-state index contributed by atoms with van der Waals surface area (Å²) >= 11 is 0. The van der Waals surface area contributed by atoms with E-state index in [1.807, 2.05) is 0 Å². The molecule has 0 bridgehead atoms. The highest BCUT2D eigenvalue weighted by Crippen LogP contribution is 2.45. The van der Waals surface area contributed by atoms with Crippen molar-refractivity contribution >= 4 is 0 Å². The molecule has 16 heavy (non-hydrogen) atoms. The summed E-state index contributed by atoms with van der Waals surface area (Å²) in [4.78, 5) is 0. The van der Waals surface area contributed by atoms with Crippen LogP contribution >= 0.6 is 0 Å². The molecule has 1 aliphatic heterocycles. The van der Waals surface area contributed by atoms with Crippen molar-refractivity contribution in [1.82, 2.24) is 0 Å². The molecule has 3 nitrogen and oxygen atoms in total. The lowest BCUT2D eigenvalue weighted by atomic mass is 9.72. The molecule has 1 N–H and O–H groups in total. The second kappa shape index (κ2) is 4.63. The zero-order valence-electron chi connectivity index (χ0n) is 10.6. The lowest BCUT2D eigenvalue weighted by Gasteiger charge is -2.50. The Morgan fingerprint density at radius 1 is 1.19 bits per heavy atom. The lowest BCUT2D eigenvalue weighted by Crippen LogP contribution is -2.55. The summed E-state index contributed by atoms with van der Waals surface area (Å²) in [6.07, 6.45) is 2.97. The molecule has 3 heteroatoms. The van der Waals surface area contributed by atoms with Gasteiger partial charge in [0.2, 0.25) is 0 Å². The van der Waals surface area contributed by atoms with E-state index in [-0.39, 0.29) is 0 Å². The second-order valence-corrected chi connectivity index (χ2v) is 5.82. The van der Waals surface area contributed by atoms with Crippen molar-refractivity contribution in [2.75, 3.05) is 13.2 Å². The van der Waals surface area contributed by atoms with Crippen molar-refractivity contribution in [3.63, 3.8) is 0 Å². The van der Waals surface area contributed by atoms with Gasteiger partial charge in [-0.15, -0.1) is 0 Å². The normalized spacial score (nSPS) is 45.2. The third kappa shape index (κ3) is 2.27. The van der Waals surface area contributed by atoms with Gasteiger partial charge in [0.1, 0.15) is 6.10 Å². The van der Waals surface area contributed by atoms with Crippen LogP contribution in [0, 0.1) is 17.8 Å². The number of rotatable bonds is 1. The van der Waals surface area contributed by atoms with Crippen molar-refractivity contribution in [3.05, 3.63) is 0 Å². The fourth-order valence-electron chi connectivity index (χ4n) is 3.16. The van der Waals surface area contributed by atoms with Crippen molar-refractivity contribution in [2.45, 2.75) is 51.9 Å². The Morgan fingerprint density at radius 2 is 1.81 bits per heavy atom. The van der Waals surface area contributed by atoms with Crippen molar-refractivity contribution in [3.8, 4) is 0 Å². The molecule has 2 rings (SSSR count). The molecule has 0 radical (unpaired) electrons. The first-order chi connectivity index (χ1) is 7.53. The maximum atomic E-state index is 9.46. The zero-order valence-corrected chi connectivity index (χ0v) is 10.6. The summed E-state index contributed by atoms with van der Waals surface area (Å²) in [5.41, 5.74) is 0. The first-order valence-electron chi connectivity index (χ1n) is 6.49. The van der Waals surface area contributed by atoms with Gasteiger partial charge in [0.15, 0.2) is 5.79 Å². The highest BCUT2D eigenvalue weighted by atomic mass is 16.7. The van der Waals surface area contributed by atoms with Crippen molar-refractivity contribution in [2.24, 2.45) is 17.8 Å². The lowest BCUT2D eigenvalue weighted by molar-refractivity contribution is -0.336. The Morgan fingerprint density at radius 3 is 2.38 bits per heavy atom. The van der Waals surface area contributed by atoms with Gasteiger partial charge in [0.05, 0.1) is 13.2 Å². The quantitative estimate of drug-likeness (QED) is 0.747. The Balaban J connectivity index is 2.12. The number of aliphatic hydroxyl groups excluding tert-OH is 1. The topological polar surface area (TPSA) is 38.7 Å². The molecule has 0 amide bonds. The van der Waals surface area contributed by atoms with Gasteiger partial charge in [0.25, 0.3) is 0 Å². The number of hydrogen-bond donors (Lipinski definition) is 1. The molecule has 0 aromatic carbocycles. The molecular weight excluding hydrogens is 204 g/mol. The van der Waals surface area contributed by atoms with Crippen molar-refractivity contribution < 1.29 is 14.6 Å². The molecule has 1 saturated heterocycles. The van der Waals surface area contributed by atoms with E-state index in [0.717, 1.165) is 6.42 Å². The molecule has 2 atom stereocenters. The maximum Gasteiger partial charge on any atom is 0.171 e. The molecule has 1 spiro atoms. The fraction of sp³-hybridized carbons (Fsp3) is 1.00. The number of aliphatic hydroxyl groups is 1. The fourth-order valence-corrected chi connectivity index (χ4v) is 3.16. The summed E-state index contributed by atoms with van der Waals surface area (Å²) in [5.74, 6) is 1.29. The van der Waals surface area contributed by atoms with Crippen LogP contribution < -0.4 is 0 Å². The summed E-state index contributed by atoms with van der Waals surface area (Å²) < 4.78 is 11.8. The highest BCUT2D eigenvalue weighted by Gasteiger charge is 2.48. The molecule has 1 aliphatic carbocycles. The van der Waals surface area contributed by atoms with Crippen LogP contribution in [0.15, 0.2) is 0 Å². The molecule has 0 aromatic rings. The van der Waals surface area contributed by atoms with E-state index in [1.165, 1.54) is 12.8 Å². The summed E-state index contributed by atoms with van der Waals surface area (Å²) in [5, 5.41) is 9.46. The molecule has 2 fully saturated rings. The predicted octanol–water partition coefficient (Wildman–Crippen LogP) is 2.18. The van der Waals surface area contributed by atoms with E-state index >= 15 is 0 Å². The van der Waals surface area contributed by atoms with E-state index in [4.69, 9.17) is 9.47 Å². The third-order valence-electron chi connectivity index (χ3n) is 4.01. The van der Waals surface area contributed by atoms with Gasteiger partial charge in [-0.1, -0.05) is 27.2 Å². The average molecular weight is 228 g/mol. The van der Waals surface area contributed by atoms with E-state index in [0.29, 0.717) is 31.0 Å². The van der Waals surface area contributed by atoms with Gasteiger partial charge < -0.3 is 14.6 Å². The van der Waals surface area contributed by atoms with Crippen LogP contribution in [0.4, 0.5) is 0 Å². The summed E-state index contributed by atoms with van der Waals surface area (Å²) in [6.45, 7) is 7.59. The van der Waals surface area contributed by atoms with Crippen LogP contribution in [0.3, 0.4) is 0 Å². The van der Waals surface area contributed by atoms with Crippen molar-refractivity contribution in [1.29, 1.82) is 0 Å². The molecule has 2 unspecified atom stereocenters. The average Bonchev–Trinajstić information content (AvgIpc) is 2.22. The molecule has 94 valence electrons. The minimum atomic E-state index is -0.448. The number of ether oxygens (including phenoxy) is 2. The van der Waals surface area contributed by atoms with Crippen LogP contribution in [0.1, 0.15) is 40.0 Å². The highest BCUT2D eigenvalue weighted by molar-refractivity contribution is 4.90. The minimum Gasteiger partial charge on any atom is -0.388 e. The Hall–Kier alpha value is -0.120. The summed E-state index contributed by atoms with van der Waals surface area (Å²) in [7, 11) is 0. The van der Waals surface area contributed by atoms with E-state index in [9.17, 15) is 5.11 Å². The van der Waals surface area contributed by atoms with Gasteiger partial charge in [0, 0.05) is 12.3 Å². The van der Waals surface area contributed by atoms with Crippen LogP contribution in [-0.2, 0) is 9.47 Å². The van der Waals surface area contributed by atoms with Gasteiger partial charge in [-0.05, 0) is 18.3 Å².